The minimum absolute atomic E-state index is 0.0504. The summed E-state index contributed by atoms with van der Waals surface area (Å²) in [4.78, 5) is 4.16. The normalized spacial score (nSPS) is 12.2. The molecule has 5 heteroatoms. The summed E-state index contributed by atoms with van der Waals surface area (Å²) in [6.45, 7) is 2.78. The van der Waals surface area contributed by atoms with E-state index in [1.807, 2.05) is 13.0 Å². The first-order valence-corrected chi connectivity index (χ1v) is 7.18. The van der Waals surface area contributed by atoms with Gasteiger partial charge in [-0.2, -0.15) is 0 Å². The van der Waals surface area contributed by atoms with Gasteiger partial charge in [0.15, 0.2) is 0 Å². The molecule has 0 bridgehead atoms. The zero-order valence-corrected chi connectivity index (χ0v) is 12.8. The van der Waals surface area contributed by atoms with Gasteiger partial charge >= 0.3 is 0 Å². The van der Waals surface area contributed by atoms with E-state index in [1.165, 1.54) is 0 Å². The van der Waals surface area contributed by atoms with E-state index in [-0.39, 0.29) is 16.9 Å². The summed E-state index contributed by atoms with van der Waals surface area (Å²) in [5.41, 5.74) is 1.53. The Labute approximate surface area is 129 Å². The molecule has 0 saturated heterocycles. The largest absolute Gasteiger partial charge is 0.495 e. The highest BCUT2D eigenvalue weighted by atomic mass is 35.5. The minimum Gasteiger partial charge on any atom is -0.495 e. The van der Waals surface area contributed by atoms with Crippen molar-refractivity contribution in [1.29, 1.82) is 0 Å². The number of halogens is 2. The summed E-state index contributed by atoms with van der Waals surface area (Å²) in [5.74, 6) is 0.319. The van der Waals surface area contributed by atoms with Crippen molar-refractivity contribution in [2.24, 2.45) is 0 Å². The van der Waals surface area contributed by atoms with E-state index in [4.69, 9.17) is 16.3 Å². The zero-order valence-electron chi connectivity index (χ0n) is 12.1. The monoisotopic (exact) mass is 308 g/mol. The molecule has 3 nitrogen and oxygen atoms in total. The van der Waals surface area contributed by atoms with Gasteiger partial charge in [-0.05, 0) is 36.2 Å². The molecule has 0 fully saturated rings. The number of rotatable bonds is 6. The van der Waals surface area contributed by atoms with Crippen molar-refractivity contribution in [1.82, 2.24) is 10.3 Å². The SMILES string of the molecule is CCNC(Cc1cccc(Cl)c1F)c1cncc(OC)c1. The van der Waals surface area contributed by atoms with Crippen LogP contribution in [0.25, 0.3) is 0 Å². The maximum Gasteiger partial charge on any atom is 0.145 e. The van der Waals surface area contributed by atoms with Gasteiger partial charge in [0, 0.05) is 12.2 Å². The van der Waals surface area contributed by atoms with Crippen molar-refractivity contribution in [3.05, 3.63) is 58.6 Å². The average molecular weight is 309 g/mol. The van der Waals surface area contributed by atoms with Crippen LogP contribution in [-0.2, 0) is 6.42 Å². The summed E-state index contributed by atoms with van der Waals surface area (Å²) in [6, 6.07) is 6.91. The number of likely N-dealkylation sites (N-methyl/N-ethyl adjacent to an activating group) is 1. The molecule has 0 aliphatic carbocycles. The summed E-state index contributed by atoms with van der Waals surface area (Å²) in [6.07, 6.45) is 3.90. The molecule has 1 heterocycles. The van der Waals surface area contributed by atoms with E-state index in [9.17, 15) is 4.39 Å². The number of benzene rings is 1. The first-order valence-electron chi connectivity index (χ1n) is 6.81. The molecule has 2 aromatic rings. The number of nitrogens with zero attached hydrogens (tertiary/aromatic N) is 1. The lowest BCUT2D eigenvalue weighted by Gasteiger charge is -2.19. The van der Waals surface area contributed by atoms with E-state index in [0.717, 1.165) is 12.1 Å². The van der Waals surface area contributed by atoms with Gasteiger partial charge in [0.25, 0.3) is 0 Å². The fourth-order valence-corrected chi connectivity index (χ4v) is 2.41. The second-order valence-corrected chi connectivity index (χ2v) is 5.09. The highest BCUT2D eigenvalue weighted by Gasteiger charge is 2.16. The van der Waals surface area contributed by atoms with Gasteiger partial charge in [0.05, 0.1) is 18.3 Å². The molecular weight excluding hydrogens is 291 g/mol. The standard InChI is InChI=1S/C16H18ClFN2O/c1-3-20-15(12-7-13(21-2)10-19-9-12)8-11-5-4-6-14(17)16(11)18/h4-7,9-10,15,20H,3,8H2,1-2H3. The molecule has 1 atom stereocenters. The lowest BCUT2D eigenvalue weighted by atomic mass is 9.99. The summed E-state index contributed by atoms with van der Waals surface area (Å²) in [5, 5.41) is 3.48. The molecule has 0 spiro atoms. The lowest BCUT2D eigenvalue weighted by molar-refractivity contribution is 0.410. The quantitative estimate of drug-likeness (QED) is 0.882. The van der Waals surface area contributed by atoms with Crippen LogP contribution in [0.1, 0.15) is 24.1 Å². The van der Waals surface area contributed by atoms with E-state index in [1.54, 1.807) is 37.7 Å². The molecule has 1 N–H and O–H groups in total. The Hall–Kier alpha value is -1.65. The Balaban J connectivity index is 2.28. The van der Waals surface area contributed by atoms with E-state index in [2.05, 4.69) is 10.3 Å². The van der Waals surface area contributed by atoms with E-state index in [0.29, 0.717) is 17.7 Å². The Morgan fingerprint density at radius 1 is 1.38 bits per heavy atom. The second kappa shape index (κ2) is 7.38. The number of pyridine rings is 1. The van der Waals surface area contributed by atoms with Gasteiger partial charge < -0.3 is 10.1 Å². The van der Waals surface area contributed by atoms with Gasteiger partial charge in [-0.1, -0.05) is 30.7 Å². The maximum absolute atomic E-state index is 14.1. The minimum atomic E-state index is -0.363. The van der Waals surface area contributed by atoms with Crippen molar-refractivity contribution in [3.8, 4) is 5.75 Å². The van der Waals surface area contributed by atoms with Crippen LogP contribution < -0.4 is 10.1 Å². The van der Waals surface area contributed by atoms with Gasteiger partial charge in [0.2, 0.25) is 0 Å². The Bertz CT molecular complexity index is 607. The van der Waals surface area contributed by atoms with Gasteiger partial charge in [-0.15, -0.1) is 0 Å². The van der Waals surface area contributed by atoms with Crippen LogP contribution in [0.4, 0.5) is 4.39 Å². The molecule has 21 heavy (non-hydrogen) atoms. The molecule has 0 aliphatic rings. The lowest BCUT2D eigenvalue weighted by Crippen LogP contribution is -2.23. The number of nitrogens with one attached hydrogen (secondary N) is 1. The topological polar surface area (TPSA) is 34.2 Å². The van der Waals surface area contributed by atoms with Crippen LogP contribution >= 0.6 is 11.6 Å². The molecule has 0 saturated carbocycles. The third-order valence-electron chi connectivity index (χ3n) is 3.28. The van der Waals surface area contributed by atoms with Crippen LogP contribution in [0.3, 0.4) is 0 Å². The van der Waals surface area contributed by atoms with Crippen molar-refractivity contribution < 1.29 is 9.13 Å². The molecule has 112 valence electrons. The van der Waals surface area contributed by atoms with Crippen LogP contribution in [0.2, 0.25) is 5.02 Å². The van der Waals surface area contributed by atoms with Crippen LogP contribution in [0.5, 0.6) is 5.75 Å². The maximum atomic E-state index is 14.1. The van der Waals surface area contributed by atoms with Crippen LogP contribution in [0.15, 0.2) is 36.7 Å². The van der Waals surface area contributed by atoms with Crippen molar-refractivity contribution >= 4 is 11.6 Å². The average Bonchev–Trinajstić information content (AvgIpc) is 2.51. The number of hydrogen-bond acceptors (Lipinski definition) is 3. The third kappa shape index (κ3) is 3.93. The second-order valence-electron chi connectivity index (χ2n) is 4.69. The van der Waals surface area contributed by atoms with Crippen LogP contribution in [-0.4, -0.2) is 18.6 Å². The molecular formula is C16H18ClFN2O. The first-order chi connectivity index (χ1) is 10.2. The first kappa shape index (κ1) is 15.7. The number of ether oxygens (including phenoxy) is 1. The van der Waals surface area contributed by atoms with E-state index < -0.39 is 0 Å². The molecule has 1 aromatic carbocycles. The highest BCUT2D eigenvalue weighted by Crippen LogP contribution is 2.25. The summed E-state index contributed by atoms with van der Waals surface area (Å²) >= 11 is 5.84. The molecule has 1 aromatic heterocycles. The molecule has 2 rings (SSSR count). The summed E-state index contributed by atoms with van der Waals surface area (Å²) in [7, 11) is 1.60. The third-order valence-corrected chi connectivity index (χ3v) is 3.57. The van der Waals surface area contributed by atoms with Crippen molar-refractivity contribution in [2.75, 3.05) is 13.7 Å². The van der Waals surface area contributed by atoms with E-state index >= 15 is 0 Å². The molecule has 1 unspecified atom stereocenters. The predicted octanol–water partition coefficient (Wildman–Crippen LogP) is 3.78. The molecule has 0 amide bonds. The predicted molar refractivity (Wildman–Crippen MR) is 82.3 cm³/mol. The fourth-order valence-electron chi connectivity index (χ4n) is 2.22. The fraction of sp³-hybridized carbons (Fsp3) is 0.312. The summed E-state index contributed by atoms with van der Waals surface area (Å²) < 4.78 is 19.3. The van der Waals surface area contributed by atoms with Crippen LogP contribution in [0, 0.1) is 5.82 Å². The molecule has 0 aliphatic heterocycles. The van der Waals surface area contributed by atoms with Gasteiger partial charge in [-0.3, -0.25) is 4.98 Å². The smallest absolute Gasteiger partial charge is 0.145 e. The van der Waals surface area contributed by atoms with Gasteiger partial charge in [-0.25, -0.2) is 4.39 Å². The number of hydrogen-bond donors (Lipinski definition) is 1. The highest BCUT2D eigenvalue weighted by molar-refractivity contribution is 6.30. The zero-order chi connectivity index (χ0) is 15.2. The molecule has 0 radical (unpaired) electrons. The Morgan fingerprint density at radius 2 is 2.19 bits per heavy atom. The Morgan fingerprint density at radius 3 is 2.90 bits per heavy atom. The number of methoxy groups -OCH3 is 1. The van der Waals surface area contributed by atoms with Crippen molar-refractivity contribution in [3.63, 3.8) is 0 Å². The van der Waals surface area contributed by atoms with Crippen molar-refractivity contribution in [2.45, 2.75) is 19.4 Å². The Kier molecular flexibility index (Phi) is 5.53. The number of aromatic nitrogens is 1. The van der Waals surface area contributed by atoms with Gasteiger partial charge in [0.1, 0.15) is 11.6 Å².